The summed E-state index contributed by atoms with van der Waals surface area (Å²) in [6, 6.07) is 2.92. The number of hydrogen-bond donors (Lipinski definition) is 4. The second-order valence-corrected chi connectivity index (χ2v) is 4.85. The fraction of sp³-hybridized carbons (Fsp3) is 0.286. The summed E-state index contributed by atoms with van der Waals surface area (Å²) in [6.07, 6.45) is -0.649. The van der Waals surface area contributed by atoms with E-state index in [1.165, 1.54) is 26.0 Å². The molecule has 0 aliphatic rings. The molecule has 0 aromatic heterocycles. The average Bonchev–Trinajstić information content (AvgIpc) is 2.36. The van der Waals surface area contributed by atoms with E-state index in [9.17, 15) is 19.2 Å². The number of nitrogen functional groups attached to an aromatic ring is 2. The van der Waals surface area contributed by atoms with Crippen molar-refractivity contribution in [3.05, 3.63) is 12.1 Å². The summed E-state index contributed by atoms with van der Waals surface area (Å²) in [5, 5.41) is 4.89. The van der Waals surface area contributed by atoms with Gasteiger partial charge in [0.15, 0.2) is 0 Å². The molecule has 0 spiro atoms. The van der Waals surface area contributed by atoms with Crippen molar-refractivity contribution in [3.63, 3.8) is 0 Å². The topological polar surface area (TPSA) is 144 Å². The van der Waals surface area contributed by atoms with Gasteiger partial charge in [-0.15, -0.1) is 0 Å². The molecule has 1 aromatic rings. The van der Waals surface area contributed by atoms with E-state index in [4.69, 9.17) is 11.5 Å². The van der Waals surface area contributed by atoms with Crippen LogP contribution >= 0.6 is 0 Å². The molecular formula is C14H18N4O4. The molecule has 1 rings (SSSR count). The van der Waals surface area contributed by atoms with Gasteiger partial charge in [0.2, 0.25) is 11.8 Å². The van der Waals surface area contributed by atoms with E-state index in [-0.39, 0.29) is 47.2 Å². The van der Waals surface area contributed by atoms with Gasteiger partial charge in [-0.2, -0.15) is 0 Å². The normalized spacial score (nSPS) is 9.91. The van der Waals surface area contributed by atoms with Crippen molar-refractivity contribution in [1.29, 1.82) is 0 Å². The molecule has 0 unspecified atom stereocenters. The van der Waals surface area contributed by atoms with Gasteiger partial charge in [0.25, 0.3) is 0 Å². The van der Waals surface area contributed by atoms with Crippen molar-refractivity contribution in [2.45, 2.75) is 26.7 Å². The minimum Gasteiger partial charge on any atom is -0.397 e. The molecule has 0 bridgehead atoms. The van der Waals surface area contributed by atoms with Crippen LogP contribution in [0.2, 0.25) is 0 Å². The van der Waals surface area contributed by atoms with Crippen LogP contribution in [-0.2, 0) is 19.2 Å². The highest BCUT2D eigenvalue weighted by Crippen LogP contribution is 2.34. The van der Waals surface area contributed by atoms with Crippen LogP contribution in [0, 0.1) is 0 Å². The van der Waals surface area contributed by atoms with Gasteiger partial charge in [-0.3, -0.25) is 19.2 Å². The SMILES string of the molecule is CC(=O)CC(=O)Nc1c(N)ccc(N)c1NC(=O)CC(C)=O. The van der Waals surface area contributed by atoms with E-state index < -0.39 is 11.8 Å². The number of amides is 2. The molecule has 6 N–H and O–H groups in total. The van der Waals surface area contributed by atoms with Crippen LogP contribution in [0.3, 0.4) is 0 Å². The Bertz CT molecular complexity index is 585. The third-order valence-electron chi connectivity index (χ3n) is 2.62. The first-order valence-electron chi connectivity index (χ1n) is 6.47. The van der Waals surface area contributed by atoms with E-state index >= 15 is 0 Å². The minimum absolute atomic E-state index is 0.100. The number of nitrogens with two attached hydrogens (primary N) is 2. The predicted octanol–water partition coefficient (Wildman–Crippen LogP) is 0.686. The zero-order chi connectivity index (χ0) is 16.9. The summed E-state index contributed by atoms with van der Waals surface area (Å²) in [6.45, 7) is 2.55. The molecule has 22 heavy (non-hydrogen) atoms. The number of Topliss-reactive ketones (excluding diaryl/α,β-unsaturated/α-hetero) is 2. The quantitative estimate of drug-likeness (QED) is 0.449. The number of nitrogens with one attached hydrogen (secondary N) is 2. The lowest BCUT2D eigenvalue weighted by Gasteiger charge is -2.16. The van der Waals surface area contributed by atoms with Crippen LogP contribution in [-0.4, -0.2) is 23.4 Å². The monoisotopic (exact) mass is 306 g/mol. The van der Waals surface area contributed by atoms with Gasteiger partial charge in [-0.1, -0.05) is 0 Å². The van der Waals surface area contributed by atoms with Crippen LogP contribution in [0.15, 0.2) is 12.1 Å². The third kappa shape index (κ3) is 4.89. The Morgan fingerprint density at radius 2 is 1.14 bits per heavy atom. The Hall–Kier alpha value is -2.90. The second kappa shape index (κ2) is 7.21. The number of rotatable bonds is 6. The summed E-state index contributed by atoms with van der Waals surface area (Å²) in [7, 11) is 0. The van der Waals surface area contributed by atoms with E-state index in [0.717, 1.165) is 0 Å². The summed E-state index contributed by atoms with van der Waals surface area (Å²) in [5.74, 6) is -1.79. The first-order valence-corrected chi connectivity index (χ1v) is 6.47. The van der Waals surface area contributed by atoms with E-state index in [1.807, 2.05) is 0 Å². The summed E-state index contributed by atoms with van der Waals surface area (Å²) in [4.78, 5) is 45.3. The number of carbonyl (C=O) groups is 4. The Labute approximate surface area is 127 Å². The molecule has 0 atom stereocenters. The van der Waals surface area contributed by atoms with Gasteiger partial charge in [-0.05, 0) is 26.0 Å². The van der Waals surface area contributed by atoms with Gasteiger partial charge in [0.05, 0.1) is 35.6 Å². The molecule has 2 amide bonds. The maximum Gasteiger partial charge on any atom is 0.231 e. The highest BCUT2D eigenvalue weighted by molar-refractivity contribution is 6.12. The van der Waals surface area contributed by atoms with E-state index in [2.05, 4.69) is 10.6 Å². The highest BCUT2D eigenvalue weighted by Gasteiger charge is 2.17. The first-order chi connectivity index (χ1) is 10.2. The molecule has 0 aliphatic carbocycles. The van der Waals surface area contributed by atoms with Crippen molar-refractivity contribution in [3.8, 4) is 0 Å². The number of benzene rings is 1. The lowest BCUT2D eigenvalue weighted by Crippen LogP contribution is -2.21. The molecule has 0 fully saturated rings. The summed E-state index contributed by atoms with van der Waals surface area (Å²) < 4.78 is 0. The molecule has 0 heterocycles. The fourth-order valence-corrected chi connectivity index (χ4v) is 1.72. The molecule has 0 saturated carbocycles. The maximum absolute atomic E-state index is 11.7. The molecule has 1 aromatic carbocycles. The highest BCUT2D eigenvalue weighted by atomic mass is 16.2. The largest absolute Gasteiger partial charge is 0.397 e. The van der Waals surface area contributed by atoms with Crippen molar-refractivity contribution in [1.82, 2.24) is 0 Å². The van der Waals surface area contributed by atoms with Gasteiger partial charge in [0.1, 0.15) is 11.6 Å². The fourth-order valence-electron chi connectivity index (χ4n) is 1.72. The zero-order valence-corrected chi connectivity index (χ0v) is 12.4. The van der Waals surface area contributed by atoms with Crippen LogP contribution in [0.4, 0.5) is 22.7 Å². The Morgan fingerprint density at radius 3 is 1.41 bits per heavy atom. The molecule has 8 nitrogen and oxygen atoms in total. The number of hydrogen-bond acceptors (Lipinski definition) is 6. The molecule has 118 valence electrons. The minimum atomic E-state index is -0.577. The maximum atomic E-state index is 11.7. The third-order valence-corrected chi connectivity index (χ3v) is 2.62. The van der Waals surface area contributed by atoms with Crippen molar-refractivity contribution in [2.24, 2.45) is 0 Å². The predicted molar refractivity (Wildman–Crippen MR) is 83.1 cm³/mol. The Balaban J connectivity index is 3.07. The zero-order valence-electron chi connectivity index (χ0n) is 12.4. The lowest BCUT2D eigenvalue weighted by atomic mass is 10.1. The van der Waals surface area contributed by atoms with Crippen molar-refractivity contribution < 1.29 is 19.2 Å². The molecule has 8 heteroatoms. The molecule has 0 aliphatic heterocycles. The summed E-state index contributed by atoms with van der Waals surface area (Å²) in [5.41, 5.74) is 12.1. The van der Waals surface area contributed by atoms with Crippen LogP contribution in [0.25, 0.3) is 0 Å². The first kappa shape index (κ1) is 17.2. The van der Waals surface area contributed by atoms with Gasteiger partial charge < -0.3 is 22.1 Å². The lowest BCUT2D eigenvalue weighted by molar-refractivity contribution is -0.126. The Kier molecular flexibility index (Phi) is 5.62. The van der Waals surface area contributed by atoms with Crippen LogP contribution in [0.1, 0.15) is 26.7 Å². The standard InChI is InChI=1S/C14H18N4O4/c1-7(19)5-11(21)17-13-9(15)3-4-10(16)14(13)18-12(22)6-8(2)20/h3-4H,5-6,15-16H2,1-2H3,(H,17,21)(H,18,22). The van der Waals surface area contributed by atoms with Gasteiger partial charge in [-0.25, -0.2) is 0 Å². The number of carbonyl (C=O) groups excluding carboxylic acids is 4. The van der Waals surface area contributed by atoms with Gasteiger partial charge in [0, 0.05) is 0 Å². The Morgan fingerprint density at radius 1 is 0.818 bits per heavy atom. The van der Waals surface area contributed by atoms with E-state index in [0.29, 0.717) is 0 Å². The molecule has 0 saturated heterocycles. The van der Waals surface area contributed by atoms with Crippen molar-refractivity contribution in [2.75, 3.05) is 22.1 Å². The average molecular weight is 306 g/mol. The molecular weight excluding hydrogens is 288 g/mol. The van der Waals surface area contributed by atoms with Crippen LogP contribution < -0.4 is 22.1 Å². The van der Waals surface area contributed by atoms with Crippen LogP contribution in [0.5, 0.6) is 0 Å². The molecule has 0 radical (unpaired) electrons. The number of ketones is 2. The summed E-state index contributed by atoms with van der Waals surface area (Å²) >= 11 is 0. The van der Waals surface area contributed by atoms with Crippen molar-refractivity contribution >= 4 is 46.1 Å². The smallest absolute Gasteiger partial charge is 0.231 e. The second-order valence-electron chi connectivity index (χ2n) is 4.85. The van der Waals surface area contributed by atoms with E-state index in [1.54, 1.807) is 0 Å². The van der Waals surface area contributed by atoms with Gasteiger partial charge >= 0.3 is 0 Å². The number of anilines is 4.